The summed E-state index contributed by atoms with van der Waals surface area (Å²) in [6.07, 6.45) is -7.60. The van der Waals surface area contributed by atoms with Gasteiger partial charge in [-0.15, -0.1) is 0 Å². The Bertz CT molecular complexity index is 2280. The van der Waals surface area contributed by atoms with Crippen LogP contribution in [0.5, 0.6) is 0 Å². The number of para-hydroxylation sites is 1. The average Bonchev–Trinajstić information content (AvgIpc) is 3.23. The second kappa shape index (κ2) is 27.8. The topological polar surface area (TPSA) is 347 Å². The number of fused-ring (bicyclic) bond motifs is 1. The van der Waals surface area contributed by atoms with E-state index in [2.05, 4.69) is 9.72 Å². The van der Waals surface area contributed by atoms with E-state index in [1.807, 2.05) is 23.2 Å². The summed E-state index contributed by atoms with van der Waals surface area (Å²) in [6.45, 7) is 9.74. The van der Waals surface area contributed by atoms with Crippen molar-refractivity contribution in [3.63, 3.8) is 0 Å². The molecule has 24 heteroatoms. The molecule has 0 bridgehead atoms. The van der Waals surface area contributed by atoms with Crippen molar-refractivity contribution in [3.05, 3.63) is 79.4 Å². The van der Waals surface area contributed by atoms with Crippen LogP contribution in [-0.4, -0.2) is 125 Å². The van der Waals surface area contributed by atoms with Crippen LogP contribution in [0.1, 0.15) is 61.0 Å². The number of hydrogen-bond donors (Lipinski definition) is 4. The van der Waals surface area contributed by atoms with Crippen molar-refractivity contribution in [2.45, 2.75) is 98.6 Å². The number of carbonyl (C=O) groups excluding carboxylic acids is 6. The van der Waals surface area contributed by atoms with E-state index in [0.29, 0.717) is 5.58 Å². The van der Waals surface area contributed by atoms with Crippen molar-refractivity contribution in [2.75, 3.05) is 20.3 Å². The number of hydrogen-bond acceptors (Lipinski definition) is 20. The summed E-state index contributed by atoms with van der Waals surface area (Å²) in [4.78, 5) is 130. The van der Waals surface area contributed by atoms with Crippen LogP contribution in [-0.2, 0) is 82.9 Å². The van der Waals surface area contributed by atoms with Crippen LogP contribution in [0.4, 0.5) is 0 Å². The molecule has 0 aliphatic rings. The summed E-state index contributed by atoms with van der Waals surface area (Å²) in [5, 5.41) is 18.5. The molecule has 0 spiro atoms. The number of nitrogens with one attached hydrogen (secondary N) is 2. The molecule has 358 valence electrons. The van der Waals surface area contributed by atoms with Crippen LogP contribution in [0.3, 0.4) is 0 Å². The maximum Gasteiger partial charge on any atom is 0.350 e. The zero-order valence-corrected chi connectivity index (χ0v) is 36.8. The first-order valence-corrected chi connectivity index (χ1v) is 19.4. The minimum Gasteiger partial charge on any atom is -0.479 e. The highest BCUT2D eigenvalue weighted by molar-refractivity contribution is 5.86. The van der Waals surface area contributed by atoms with Crippen molar-refractivity contribution in [3.8, 4) is 0 Å². The molecule has 0 amide bonds. The van der Waals surface area contributed by atoms with Crippen molar-refractivity contribution in [1.29, 1.82) is 0 Å². The molecule has 4 N–H and O–H groups in total. The number of ether oxygens (including phenoxy) is 8. The fourth-order valence-electron chi connectivity index (χ4n) is 4.07. The van der Waals surface area contributed by atoms with Gasteiger partial charge in [-0.2, -0.15) is 0 Å². The summed E-state index contributed by atoms with van der Waals surface area (Å²) < 4.78 is 43.7. The van der Waals surface area contributed by atoms with Gasteiger partial charge in [0, 0.05) is 24.8 Å². The van der Waals surface area contributed by atoms with Gasteiger partial charge < -0.3 is 57.5 Å². The van der Waals surface area contributed by atoms with Crippen molar-refractivity contribution < 1.29 is 90.9 Å². The van der Waals surface area contributed by atoms with Gasteiger partial charge in [-0.1, -0.05) is 45.9 Å². The second-order valence-corrected chi connectivity index (χ2v) is 14.0. The van der Waals surface area contributed by atoms with Gasteiger partial charge in [-0.05, 0) is 39.8 Å². The molecular formula is C41H52N2O22. The number of esters is 6. The van der Waals surface area contributed by atoms with E-state index < -0.39 is 114 Å². The molecule has 0 aliphatic heterocycles. The monoisotopic (exact) mass is 924 g/mol. The number of H-pyrrole nitrogens is 2. The third-order valence-electron chi connectivity index (χ3n) is 7.79. The first kappa shape index (κ1) is 55.8. The van der Waals surface area contributed by atoms with Gasteiger partial charge in [0.25, 0.3) is 5.56 Å². The van der Waals surface area contributed by atoms with Gasteiger partial charge >= 0.3 is 59.1 Å². The summed E-state index contributed by atoms with van der Waals surface area (Å²) >= 11 is 0. The van der Waals surface area contributed by atoms with Gasteiger partial charge in [0.1, 0.15) is 5.58 Å². The Morgan fingerprint density at radius 2 is 1.05 bits per heavy atom. The maximum absolute atomic E-state index is 12.2. The minimum atomic E-state index is -1.71. The third-order valence-corrected chi connectivity index (χ3v) is 7.79. The fourth-order valence-corrected chi connectivity index (χ4v) is 4.07. The molecule has 24 nitrogen and oxygen atoms in total. The highest BCUT2D eigenvalue weighted by atomic mass is 16.6. The normalized spacial score (nSPS) is 13.4. The van der Waals surface area contributed by atoms with Crippen molar-refractivity contribution in [1.82, 2.24) is 9.97 Å². The highest BCUT2D eigenvalue weighted by Crippen LogP contribution is 2.11. The smallest absolute Gasteiger partial charge is 0.350 e. The van der Waals surface area contributed by atoms with Crippen LogP contribution in [0.2, 0.25) is 0 Å². The lowest BCUT2D eigenvalue weighted by Gasteiger charge is -2.20. The standard InChI is InChI=1S/C18H24N2O11.C14H22O9.C9H6O2/c1-8(2)15(24)30-10(4)16(25)31-12(17(26)29-9(3)14(22)23)7-28-6-11-5-19-18(27)20-13(11)21;1-7(2)12(17)22-9(4)13(18)23-10(6-20-5)14(19)21-8(3)11(15)16;10-9-6-5-7-3-1-2-4-8(7)11-9/h5,8-10,12H,6-7H2,1-4H3,(H,22,23)(H2,19,20,21,27);7-10H,6H2,1-5H3,(H,15,16);1-6H. The van der Waals surface area contributed by atoms with Gasteiger partial charge in [0.15, 0.2) is 24.4 Å². The molecule has 3 rings (SSSR count). The molecule has 3 aromatic rings. The summed E-state index contributed by atoms with van der Waals surface area (Å²) in [7, 11) is 1.26. The van der Waals surface area contributed by atoms with Gasteiger partial charge in [-0.3, -0.25) is 19.4 Å². The molecule has 6 atom stereocenters. The van der Waals surface area contributed by atoms with Crippen LogP contribution in [0.25, 0.3) is 11.0 Å². The Kier molecular flexibility index (Phi) is 23.8. The fraction of sp³-hybridized carbons (Fsp3) is 0.488. The van der Waals surface area contributed by atoms with Gasteiger partial charge in [-0.25, -0.2) is 38.4 Å². The van der Waals surface area contributed by atoms with E-state index in [4.69, 9.17) is 47.8 Å². The molecular weight excluding hydrogens is 872 g/mol. The van der Waals surface area contributed by atoms with E-state index in [0.717, 1.165) is 25.4 Å². The highest BCUT2D eigenvalue weighted by Gasteiger charge is 2.33. The average molecular weight is 925 g/mol. The molecule has 2 aromatic heterocycles. The number of carbonyl (C=O) groups is 8. The Morgan fingerprint density at radius 3 is 1.49 bits per heavy atom. The van der Waals surface area contributed by atoms with E-state index in [9.17, 15) is 52.7 Å². The number of benzene rings is 1. The lowest BCUT2D eigenvalue weighted by Crippen LogP contribution is -2.40. The van der Waals surface area contributed by atoms with Crippen molar-refractivity contribution in [2.24, 2.45) is 11.8 Å². The van der Waals surface area contributed by atoms with E-state index in [1.54, 1.807) is 39.8 Å². The second-order valence-electron chi connectivity index (χ2n) is 14.0. The molecule has 0 radical (unpaired) electrons. The number of methoxy groups -OCH3 is 1. The molecule has 0 saturated heterocycles. The Hall–Kier alpha value is -7.21. The number of carboxylic acids is 2. The molecule has 6 unspecified atom stereocenters. The van der Waals surface area contributed by atoms with Crippen LogP contribution in [0, 0.1) is 11.8 Å². The molecule has 2 heterocycles. The van der Waals surface area contributed by atoms with Crippen LogP contribution < -0.4 is 16.9 Å². The molecule has 0 fully saturated rings. The zero-order chi connectivity index (χ0) is 49.6. The predicted octanol–water partition coefficient (Wildman–Crippen LogP) is 1.04. The van der Waals surface area contributed by atoms with Crippen LogP contribution in [0.15, 0.2) is 61.4 Å². The number of aliphatic carboxylic acids is 2. The molecule has 1 aromatic carbocycles. The van der Waals surface area contributed by atoms with Crippen LogP contribution >= 0.6 is 0 Å². The predicted molar refractivity (Wildman–Crippen MR) is 219 cm³/mol. The number of aromatic amines is 2. The SMILES string of the molecule is CC(C)C(=O)OC(C)C(=O)OC(COCc1c[nH]c(=O)[nH]c1=O)C(=O)OC(C)C(=O)O.COCC(OC(=O)C(C)OC(=O)C(C)C)C(=O)OC(C)C(=O)O.O=c1ccc2ccccc2o1. The number of carboxylic acid groups (broad SMARTS) is 2. The van der Waals surface area contributed by atoms with E-state index in [1.165, 1.54) is 27.0 Å². The van der Waals surface area contributed by atoms with Crippen molar-refractivity contribution >= 4 is 58.7 Å². The molecule has 0 aliphatic carbocycles. The summed E-state index contributed by atoms with van der Waals surface area (Å²) in [5.74, 6) is -9.34. The zero-order valence-electron chi connectivity index (χ0n) is 36.8. The van der Waals surface area contributed by atoms with Gasteiger partial charge in [0.2, 0.25) is 12.2 Å². The number of rotatable bonds is 20. The lowest BCUT2D eigenvalue weighted by atomic mass is 10.2. The Morgan fingerprint density at radius 1 is 0.585 bits per heavy atom. The van der Waals surface area contributed by atoms with E-state index >= 15 is 0 Å². The summed E-state index contributed by atoms with van der Waals surface area (Å²) in [6, 6.07) is 10.6. The minimum absolute atomic E-state index is 0.0104. The van der Waals surface area contributed by atoms with E-state index in [-0.39, 0.29) is 24.4 Å². The largest absolute Gasteiger partial charge is 0.479 e. The summed E-state index contributed by atoms with van der Waals surface area (Å²) in [5.41, 5.74) is -1.11. The molecule has 65 heavy (non-hydrogen) atoms. The molecule has 0 saturated carbocycles. The number of aromatic nitrogens is 2. The Labute approximate surface area is 369 Å². The maximum atomic E-state index is 12.2. The lowest BCUT2D eigenvalue weighted by molar-refractivity contribution is -0.186. The third kappa shape index (κ3) is 20.7. The first-order valence-electron chi connectivity index (χ1n) is 19.4. The quantitative estimate of drug-likeness (QED) is 0.0698. The first-order chi connectivity index (χ1) is 30.4. The Balaban J connectivity index is 0.000000539. The van der Waals surface area contributed by atoms with Gasteiger partial charge in [0.05, 0.1) is 37.2 Å².